The zero-order chi connectivity index (χ0) is 15.5. The van der Waals surface area contributed by atoms with Gasteiger partial charge in [0.05, 0.1) is 4.90 Å². The maximum Gasteiger partial charge on any atom is 0.240 e. The standard InChI is InChI=1S/C15H23FN2O2S/c1-3-18-8-4-5-13(11-18)10-17-21(19,20)15-9-14(16)7-6-12(15)2/h6-7,9,13,17H,3-5,8,10-11H2,1-2H3. The molecule has 1 heterocycles. The Labute approximate surface area is 126 Å². The maximum absolute atomic E-state index is 13.3. The van der Waals surface area contributed by atoms with Gasteiger partial charge < -0.3 is 4.90 Å². The number of likely N-dealkylation sites (tertiary alicyclic amines) is 1. The van der Waals surface area contributed by atoms with E-state index in [1.165, 1.54) is 12.1 Å². The van der Waals surface area contributed by atoms with Crippen LogP contribution < -0.4 is 4.72 Å². The van der Waals surface area contributed by atoms with Gasteiger partial charge in [0.25, 0.3) is 0 Å². The van der Waals surface area contributed by atoms with Crippen molar-refractivity contribution >= 4 is 10.0 Å². The molecular formula is C15H23FN2O2S. The monoisotopic (exact) mass is 314 g/mol. The van der Waals surface area contributed by atoms with Gasteiger partial charge in [-0.2, -0.15) is 0 Å². The van der Waals surface area contributed by atoms with Crippen molar-refractivity contribution in [2.75, 3.05) is 26.2 Å². The first kappa shape index (κ1) is 16.4. The molecule has 1 aromatic carbocycles. The first-order chi connectivity index (χ1) is 9.92. The van der Waals surface area contributed by atoms with E-state index in [0.717, 1.165) is 38.5 Å². The van der Waals surface area contributed by atoms with E-state index in [2.05, 4.69) is 16.5 Å². The maximum atomic E-state index is 13.3. The molecule has 0 amide bonds. The lowest BCUT2D eigenvalue weighted by atomic mass is 9.98. The molecule has 1 aromatic rings. The molecule has 0 saturated carbocycles. The van der Waals surface area contributed by atoms with Crippen LogP contribution in [-0.4, -0.2) is 39.5 Å². The summed E-state index contributed by atoms with van der Waals surface area (Å²) in [6, 6.07) is 3.84. The van der Waals surface area contributed by atoms with E-state index in [4.69, 9.17) is 0 Å². The Morgan fingerprint density at radius 3 is 2.90 bits per heavy atom. The Morgan fingerprint density at radius 1 is 1.43 bits per heavy atom. The predicted octanol–water partition coefficient (Wildman–Crippen LogP) is 2.14. The van der Waals surface area contributed by atoms with Crippen LogP contribution in [0.15, 0.2) is 23.1 Å². The second-order valence-electron chi connectivity index (χ2n) is 5.66. The Bertz CT molecular complexity index is 589. The summed E-state index contributed by atoms with van der Waals surface area (Å²) in [5, 5.41) is 0. The first-order valence-corrected chi connectivity index (χ1v) is 8.89. The van der Waals surface area contributed by atoms with E-state index in [9.17, 15) is 12.8 Å². The van der Waals surface area contributed by atoms with Gasteiger partial charge in [-0.3, -0.25) is 0 Å². The van der Waals surface area contributed by atoms with Crippen LogP contribution in [0.4, 0.5) is 4.39 Å². The molecule has 1 aliphatic rings. The first-order valence-electron chi connectivity index (χ1n) is 7.40. The summed E-state index contributed by atoms with van der Waals surface area (Å²) < 4.78 is 40.5. The Kier molecular flexibility index (Phi) is 5.35. The minimum atomic E-state index is -3.65. The molecule has 1 saturated heterocycles. The van der Waals surface area contributed by atoms with Gasteiger partial charge in [-0.05, 0) is 56.5 Å². The molecule has 21 heavy (non-hydrogen) atoms. The van der Waals surface area contributed by atoms with Crippen LogP contribution in [0.1, 0.15) is 25.3 Å². The zero-order valence-corrected chi connectivity index (χ0v) is 13.4. The molecule has 118 valence electrons. The highest BCUT2D eigenvalue weighted by Crippen LogP contribution is 2.19. The van der Waals surface area contributed by atoms with Crippen molar-refractivity contribution in [3.8, 4) is 0 Å². The number of hydrogen-bond donors (Lipinski definition) is 1. The fourth-order valence-corrected chi connectivity index (χ4v) is 4.14. The summed E-state index contributed by atoms with van der Waals surface area (Å²) in [6.07, 6.45) is 2.13. The van der Waals surface area contributed by atoms with Gasteiger partial charge in [-0.25, -0.2) is 17.5 Å². The molecule has 1 aliphatic heterocycles. The lowest BCUT2D eigenvalue weighted by molar-refractivity contribution is 0.184. The minimum Gasteiger partial charge on any atom is -0.303 e. The second kappa shape index (κ2) is 6.85. The number of hydrogen-bond acceptors (Lipinski definition) is 3. The summed E-state index contributed by atoms with van der Waals surface area (Å²) in [7, 11) is -3.65. The number of halogens is 1. The molecule has 0 aliphatic carbocycles. The van der Waals surface area contributed by atoms with Crippen LogP contribution in [0.5, 0.6) is 0 Å². The molecule has 0 spiro atoms. The van der Waals surface area contributed by atoms with Crippen LogP contribution >= 0.6 is 0 Å². The van der Waals surface area contributed by atoms with E-state index in [1.807, 2.05) is 0 Å². The average Bonchev–Trinajstić information content (AvgIpc) is 2.48. The molecule has 4 nitrogen and oxygen atoms in total. The third-order valence-corrected chi connectivity index (χ3v) is 5.62. The van der Waals surface area contributed by atoms with E-state index >= 15 is 0 Å². The van der Waals surface area contributed by atoms with Crippen molar-refractivity contribution in [3.05, 3.63) is 29.6 Å². The van der Waals surface area contributed by atoms with Crippen LogP contribution in [0, 0.1) is 18.7 Å². The van der Waals surface area contributed by atoms with Crippen molar-refractivity contribution in [1.82, 2.24) is 9.62 Å². The highest BCUT2D eigenvalue weighted by molar-refractivity contribution is 7.89. The van der Waals surface area contributed by atoms with E-state index in [1.54, 1.807) is 6.92 Å². The lowest BCUT2D eigenvalue weighted by Gasteiger charge is -2.31. The van der Waals surface area contributed by atoms with Crippen molar-refractivity contribution < 1.29 is 12.8 Å². The Morgan fingerprint density at radius 2 is 2.19 bits per heavy atom. The van der Waals surface area contributed by atoms with Crippen LogP contribution in [0.2, 0.25) is 0 Å². The number of nitrogens with one attached hydrogen (secondary N) is 1. The van der Waals surface area contributed by atoms with Gasteiger partial charge in [0, 0.05) is 13.1 Å². The highest BCUT2D eigenvalue weighted by Gasteiger charge is 2.22. The molecule has 2 rings (SSSR count). The van der Waals surface area contributed by atoms with Gasteiger partial charge in [0.15, 0.2) is 0 Å². The third-order valence-electron chi connectivity index (χ3n) is 4.05. The van der Waals surface area contributed by atoms with Gasteiger partial charge in [0.1, 0.15) is 5.82 Å². The molecule has 1 unspecified atom stereocenters. The fraction of sp³-hybridized carbons (Fsp3) is 0.600. The Hall–Kier alpha value is -0.980. The summed E-state index contributed by atoms with van der Waals surface area (Å²) in [4.78, 5) is 2.36. The van der Waals surface area contributed by atoms with E-state index in [0.29, 0.717) is 18.0 Å². The number of piperidine rings is 1. The van der Waals surface area contributed by atoms with Crippen molar-refractivity contribution in [2.24, 2.45) is 5.92 Å². The molecule has 0 aromatic heterocycles. The highest BCUT2D eigenvalue weighted by atomic mass is 32.2. The number of rotatable bonds is 5. The normalized spacial score (nSPS) is 20.6. The molecule has 6 heteroatoms. The van der Waals surface area contributed by atoms with Gasteiger partial charge >= 0.3 is 0 Å². The van der Waals surface area contributed by atoms with Gasteiger partial charge in [0.2, 0.25) is 10.0 Å². The summed E-state index contributed by atoms with van der Waals surface area (Å²) in [5.41, 5.74) is 0.558. The SMILES string of the molecule is CCN1CCCC(CNS(=O)(=O)c2cc(F)ccc2C)C1. The number of sulfonamides is 1. The number of nitrogens with zero attached hydrogens (tertiary/aromatic N) is 1. The summed E-state index contributed by atoms with van der Waals surface area (Å²) >= 11 is 0. The number of aryl methyl sites for hydroxylation is 1. The minimum absolute atomic E-state index is 0.0330. The van der Waals surface area contributed by atoms with Crippen LogP contribution in [0.25, 0.3) is 0 Å². The molecular weight excluding hydrogens is 291 g/mol. The second-order valence-corrected chi connectivity index (χ2v) is 7.40. The molecule has 1 fully saturated rings. The smallest absolute Gasteiger partial charge is 0.240 e. The molecule has 0 bridgehead atoms. The molecule has 1 N–H and O–H groups in total. The van der Waals surface area contributed by atoms with E-state index in [-0.39, 0.29) is 4.90 Å². The fourth-order valence-electron chi connectivity index (χ4n) is 2.77. The average molecular weight is 314 g/mol. The quantitative estimate of drug-likeness (QED) is 0.906. The topological polar surface area (TPSA) is 49.4 Å². The van der Waals surface area contributed by atoms with Crippen molar-refractivity contribution in [2.45, 2.75) is 31.6 Å². The van der Waals surface area contributed by atoms with Gasteiger partial charge in [-0.1, -0.05) is 13.0 Å². The largest absolute Gasteiger partial charge is 0.303 e. The Balaban J connectivity index is 2.03. The van der Waals surface area contributed by atoms with Crippen molar-refractivity contribution in [1.29, 1.82) is 0 Å². The lowest BCUT2D eigenvalue weighted by Crippen LogP contribution is -2.40. The van der Waals surface area contributed by atoms with Crippen LogP contribution in [-0.2, 0) is 10.0 Å². The van der Waals surface area contributed by atoms with Crippen LogP contribution in [0.3, 0.4) is 0 Å². The number of benzene rings is 1. The van der Waals surface area contributed by atoms with E-state index < -0.39 is 15.8 Å². The summed E-state index contributed by atoms with van der Waals surface area (Å²) in [5.74, 6) is -0.210. The van der Waals surface area contributed by atoms with Crippen molar-refractivity contribution in [3.63, 3.8) is 0 Å². The molecule has 0 radical (unpaired) electrons. The third kappa shape index (κ3) is 4.25. The predicted molar refractivity (Wildman–Crippen MR) is 81.2 cm³/mol. The van der Waals surface area contributed by atoms with Gasteiger partial charge in [-0.15, -0.1) is 0 Å². The summed E-state index contributed by atoms with van der Waals surface area (Å²) in [6.45, 7) is 7.20. The molecule has 1 atom stereocenters. The zero-order valence-electron chi connectivity index (χ0n) is 12.6.